The number of hydrogen-bond donors (Lipinski definition) is 1. The van der Waals surface area contributed by atoms with Crippen LogP contribution >= 0.6 is 7.82 Å². The number of allylic oxidation sites excluding steroid dienone is 2. The molecule has 280 valence electrons. The van der Waals surface area contributed by atoms with Crippen LogP contribution in [0.25, 0.3) is 0 Å². The second-order valence-corrected chi connectivity index (χ2v) is 15.8. The molecule has 0 rings (SSSR count). The van der Waals surface area contributed by atoms with Crippen LogP contribution < -0.4 is 0 Å². The number of hydrogen-bond acceptors (Lipinski definition) is 6. The molecule has 0 heterocycles. The zero-order valence-electron chi connectivity index (χ0n) is 31.5. The highest BCUT2D eigenvalue weighted by Gasteiger charge is 2.26. The van der Waals surface area contributed by atoms with Crippen molar-refractivity contribution in [2.24, 2.45) is 0 Å². The molecule has 0 amide bonds. The first-order chi connectivity index (χ1) is 22.6. The largest absolute Gasteiger partial charge is 0.472 e. The second-order valence-electron chi connectivity index (χ2n) is 14.3. The molecule has 0 aliphatic heterocycles. The number of phosphoric ester groups is 1. The highest BCUT2D eigenvalue weighted by Crippen LogP contribution is 2.43. The molecule has 1 N–H and O–H groups in total. The van der Waals surface area contributed by atoms with E-state index in [-0.39, 0.29) is 25.8 Å². The van der Waals surface area contributed by atoms with Gasteiger partial charge in [-0.15, -0.1) is 0 Å². The minimum absolute atomic E-state index is 0.0902. The first-order valence-corrected chi connectivity index (χ1v) is 20.9. The van der Waals surface area contributed by atoms with Gasteiger partial charge in [0.15, 0.2) is 0 Å². The maximum Gasteiger partial charge on any atom is 0.472 e. The Balaban J connectivity index is 4.27. The van der Waals surface area contributed by atoms with Crippen LogP contribution in [0.5, 0.6) is 0 Å². The molecule has 2 atom stereocenters. The Labute approximate surface area is 290 Å². The zero-order valence-corrected chi connectivity index (χ0v) is 32.4. The van der Waals surface area contributed by atoms with Gasteiger partial charge in [-0.05, 0) is 32.1 Å². The Morgan fingerprint density at radius 3 is 1.70 bits per heavy atom. The van der Waals surface area contributed by atoms with Crippen molar-refractivity contribution in [1.29, 1.82) is 0 Å². The fourth-order valence-corrected chi connectivity index (χ4v) is 6.00. The summed E-state index contributed by atoms with van der Waals surface area (Å²) in [4.78, 5) is 22.8. The van der Waals surface area contributed by atoms with Gasteiger partial charge in [0.2, 0.25) is 0 Å². The number of nitrogens with zero attached hydrogens (tertiary/aromatic N) is 1. The van der Waals surface area contributed by atoms with Crippen LogP contribution in [0.1, 0.15) is 168 Å². The molecule has 2 unspecified atom stereocenters. The summed E-state index contributed by atoms with van der Waals surface area (Å²) >= 11 is 0. The normalized spacial score (nSPS) is 14.1. The van der Waals surface area contributed by atoms with E-state index in [4.69, 9.17) is 18.5 Å². The highest BCUT2D eigenvalue weighted by molar-refractivity contribution is 7.47. The first kappa shape index (κ1) is 46.2. The van der Waals surface area contributed by atoms with Gasteiger partial charge in [-0.2, -0.15) is 0 Å². The van der Waals surface area contributed by atoms with E-state index < -0.39 is 13.9 Å². The minimum Gasteiger partial charge on any atom is -0.457 e. The molecular weight excluding hydrogens is 613 g/mol. The minimum atomic E-state index is -4.26. The molecule has 8 nitrogen and oxygen atoms in total. The Morgan fingerprint density at radius 2 is 1.15 bits per heavy atom. The van der Waals surface area contributed by atoms with Crippen molar-refractivity contribution in [2.75, 3.05) is 54.1 Å². The van der Waals surface area contributed by atoms with Crippen molar-refractivity contribution in [3.63, 3.8) is 0 Å². The van der Waals surface area contributed by atoms with Gasteiger partial charge in [0.1, 0.15) is 19.3 Å². The van der Waals surface area contributed by atoms with E-state index >= 15 is 0 Å². The number of carbonyl (C=O) groups is 1. The zero-order chi connectivity index (χ0) is 34.9. The van der Waals surface area contributed by atoms with Crippen LogP contribution in [0.2, 0.25) is 0 Å². The van der Waals surface area contributed by atoms with Crippen molar-refractivity contribution in [3.8, 4) is 0 Å². The molecule has 0 saturated heterocycles. The fourth-order valence-electron chi connectivity index (χ4n) is 5.26. The molecule has 0 aliphatic rings. The Hall–Kier alpha value is -0.760. The molecule has 0 radical (unpaired) electrons. The Morgan fingerprint density at radius 1 is 0.638 bits per heavy atom. The summed E-state index contributed by atoms with van der Waals surface area (Å²) in [6.45, 7) is 5.57. The van der Waals surface area contributed by atoms with Crippen molar-refractivity contribution in [3.05, 3.63) is 12.2 Å². The summed E-state index contributed by atoms with van der Waals surface area (Å²) in [5, 5.41) is 0. The first-order valence-electron chi connectivity index (χ1n) is 19.4. The van der Waals surface area contributed by atoms with Gasteiger partial charge >= 0.3 is 13.8 Å². The molecule has 0 aromatic carbocycles. The highest BCUT2D eigenvalue weighted by atomic mass is 31.2. The van der Waals surface area contributed by atoms with Gasteiger partial charge in [0.05, 0.1) is 34.4 Å². The number of esters is 1. The van der Waals surface area contributed by atoms with Crippen LogP contribution in [-0.2, 0) is 27.9 Å². The van der Waals surface area contributed by atoms with Crippen LogP contribution in [0.3, 0.4) is 0 Å². The predicted molar refractivity (Wildman–Crippen MR) is 197 cm³/mol. The van der Waals surface area contributed by atoms with Gasteiger partial charge in [0, 0.05) is 13.0 Å². The van der Waals surface area contributed by atoms with Gasteiger partial charge in [0.25, 0.3) is 0 Å². The standard InChI is InChI=1S/C38H76NO7P/c1-6-8-10-12-14-16-18-19-20-21-23-25-27-29-31-38(40)46-37(36-45-47(41,42)44-34-32-39(3,4)5)35-43-33-30-28-26-24-22-17-15-13-11-9-7-2/h11,13,37H,6-10,12,14-36H2,1-5H3/p+1/b13-11-. The second kappa shape index (κ2) is 32.4. The van der Waals surface area contributed by atoms with E-state index in [2.05, 4.69) is 26.0 Å². The number of quaternary nitrogens is 1. The van der Waals surface area contributed by atoms with E-state index in [1.807, 2.05) is 21.1 Å². The van der Waals surface area contributed by atoms with Gasteiger partial charge in [-0.3, -0.25) is 13.8 Å². The molecule has 0 aliphatic carbocycles. The van der Waals surface area contributed by atoms with Crippen LogP contribution in [0, 0.1) is 0 Å². The monoisotopic (exact) mass is 691 g/mol. The third kappa shape index (κ3) is 36.3. The molecule has 0 spiro atoms. The van der Waals surface area contributed by atoms with E-state index in [1.165, 1.54) is 116 Å². The number of carbonyl (C=O) groups excluding carboxylic acids is 1. The predicted octanol–water partition coefficient (Wildman–Crippen LogP) is 10.7. The number of ether oxygens (including phenoxy) is 2. The van der Waals surface area contributed by atoms with Crippen LogP contribution in [-0.4, -0.2) is 75.6 Å². The molecule has 0 fully saturated rings. The number of rotatable bonds is 36. The lowest BCUT2D eigenvalue weighted by molar-refractivity contribution is -0.870. The van der Waals surface area contributed by atoms with Crippen LogP contribution in [0.4, 0.5) is 0 Å². The average molecular weight is 691 g/mol. The third-order valence-electron chi connectivity index (χ3n) is 8.31. The molecule has 0 bridgehead atoms. The Bertz CT molecular complexity index is 772. The van der Waals surface area contributed by atoms with E-state index in [1.54, 1.807) is 0 Å². The third-order valence-corrected chi connectivity index (χ3v) is 9.29. The van der Waals surface area contributed by atoms with Crippen molar-refractivity contribution < 1.29 is 37.3 Å². The fraction of sp³-hybridized carbons (Fsp3) is 0.921. The molecule has 0 saturated carbocycles. The van der Waals surface area contributed by atoms with E-state index in [0.29, 0.717) is 24.1 Å². The van der Waals surface area contributed by atoms with Crippen LogP contribution in [0.15, 0.2) is 12.2 Å². The van der Waals surface area contributed by atoms with Gasteiger partial charge < -0.3 is 18.9 Å². The quantitative estimate of drug-likeness (QED) is 0.0230. The molecular formula is C38H77NO7P+. The maximum absolute atomic E-state index is 12.6. The topological polar surface area (TPSA) is 91.3 Å². The summed E-state index contributed by atoms with van der Waals surface area (Å²) < 4.78 is 34.8. The lowest BCUT2D eigenvalue weighted by atomic mass is 10.0. The van der Waals surface area contributed by atoms with Gasteiger partial charge in [-0.1, -0.05) is 142 Å². The smallest absolute Gasteiger partial charge is 0.457 e. The Kier molecular flexibility index (Phi) is 31.9. The molecule has 47 heavy (non-hydrogen) atoms. The maximum atomic E-state index is 12.6. The molecule has 0 aromatic rings. The molecule has 9 heteroatoms. The van der Waals surface area contributed by atoms with Gasteiger partial charge in [-0.25, -0.2) is 4.57 Å². The van der Waals surface area contributed by atoms with Crippen molar-refractivity contribution in [1.82, 2.24) is 0 Å². The number of unbranched alkanes of at least 4 members (excludes halogenated alkanes) is 20. The summed E-state index contributed by atoms with van der Waals surface area (Å²) in [5.41, 5.74) is 0. The summed E-state index contributed by atoms with van der Waals surface area (Å²) in [6, 6.07) is 0. The van der Waals surface area contributed by atoms with E-state index in [0.717, 1.165) is 32.1 Å². The van der Waals surface area contributed by atoms with Crippen molar-refractivity contribution in [2.45, 2.75) is 174 Å². The van der Waals surface area contributed by atoms with Crippen molar-refractivity contribution >= 4 is 13.8 Å². The van der Waals surface area contributed by atoms with E-state index in [9.17, 15) is 14.3 Å². The average Bonchev–Trinajstić information content (AvgIpc) is 3.01. The lowest BCUT2D eigenvalue weighted by Gasteiger charge is -2.24. The SMILES string of the molecule is CCC/C=C\CCCCCCCCOCC(COP(=O)(O)OCC[N+](C)(C)C)OC(=O)CCCCCCCCCCCCCCCC. The summed E-state index contributed by atoms with van der Waals surface area (Å²) in [6.07, 6.45) is 32.3. The number of likely N-dealkylation sites (N-methyl/N-ethyl adjacent to an activating group) is 1. The summed E-state index contributed by atoms with van der Waals surface area (Å²) in [7, 11) is 1.67. The summed E-state index contributed by atoms with van der Waals surface area (Å²) in [5.74, 6) is -0.315. The lowest BCUT2D eigenvalue weighted by Crippen LogP contribution is -2.37. The molecule has 0 aromatic heterocycles. The number of phosphoric acid groups is 1.